The smallest absolute Gasteiger partial charge is 0.232 e. The van der Waals surface area contributed by atoms with Crippen molar-refractivity contribution in [1.29, 1.82) is 0 Å². The molecular formula is C15H25N3O4S. The number of amides is 1. The van der Waals surface area contributed by atoms with Crippen LogP contribution in [0.25, 0.3) is 0 Å². The minimum absolute atomic E-state index is 0.0962. The van der Waals surface area contributed by atoms with E-state index in [1.54, 1.807) is 31.4 Å². The van der Waals surface area contributed by atoms with Crippen molar-refractivity contribution >= 4 is 21.6 Å². The van der Waals surface area contributed by atoms with Crippen LogP contribution < -0.4 is 14.4 Å². The first-order chi connectivity index (χ1) is 10.7. The number of hydrogen-bond donors (Lipinski definition) is 1. The molecule has 0 fully saturated rings. The molecule has 1 amide bonds. The Morgan fingerprint density at radius 3 is 2.26 bits per heavy atom. The summed E-state index contributed by atoms with van der Waals surface area (Å²) in [5, 5.41) is 2.77. The molecule has 0 unspecified atom stereocenters. The monoisotopic (exact) mass is 343 g/mol. The molecule has 0 heterocycles. The van der Waals surface area contributed by atoms with Gasteiger partial charge in [-0.05, 0) is 38.4 Å². The Hall–Kier alpha value is -1.80. The van der Waals surface area contributed by atoms with Gasteiger partial charge in [0.05, 0.1) is 19.1 Å². The van der Waals surface area contributed by atoms with Crippen molar-refractivity contribution in [2.75, 3.05) is 51.4 Å². The average molecular weight is 343 g/mol. The number of benzene rings is 1. The van der Waals surface area contributed by atoms with E-state index in [0.29, 0.717) is 18.0 Å². The van der Waals surface area contributed by atoms with Crippen molar-refractivity contribution in [2.24, 2.45) is 0 Å². The molecule has 0 atom stereocenters. The normalized spacial score (nSPS) is 11.3. The molecule has 1 N–H and O–H groups in total. The SMILES string of the molecule is COc1ccc(N(CCC(=O)NCCN(C)C)S(C)(=O)=O)cc1. The molecule has 130 valence electrons. The van der Waals surface area contributed by atoms with Crippen molar-refractivity contribution in [1.82, 2.24) is 10.2 Å². The maximum Gasteiger partial charge on any atom is 0.232 e. The Labute approximate surface area is 138 Å². The molecule has 23 heavy (non-hydrogen) atoms. The summed E-state index contributed by atoms with van der Waals surface area (Å²) in [6, 6.07) is 6.68. The lowest BCUT2D eigenvalue weighted by molar-refractivity contribution is -0.120. The van der Waals surface area contributed by atoms with Gasteiger partial charge in [0.25, 0.3) is 0 Å². The lowest BCUT2D eigenvalue weighted by Crippen LogP contribution is -2.36. The van der Waals surface area contributed by atoms with Crippen LogP contribution in [0.3, 0.4) is 0 Å². The zero-order chi connectivity index (χ0) is 17.5. The third-order valence-corrected chi connectivity index (χ3v) is 4.38. The standard InChI is InChI=1S/C15H25N3O4S/c1-17(2)12-10-16-15(19)9-11-18(23(4,20)21)13-5-7-14(22-3)8-6-13/h5-8H,9-12H2,1-4H3,(H,16,19). The van der Waals surface area contributed by atoms with E-state index in [2.05, 4.69) is 5.32 Å². The van der Waals surface area contributed by atoms with Gasteiger partial charge in [-0.3, -0.25) is 9.10 Å². The maximum absolute atomic E-state index is 12.0. The third kappa shape index (κ3) is 6.87. The Morgan fingerprint density at radius 2 is 1.78 bits per heavy atom. The van der Waals surface area contributed by atoms with Gasteiger partial charge in [0.1, 0.15) is 5.75 Å². The minimum atomic E-state index is -3.46. The summed E-state index contributed by atoms with van der Waals surface area (Å²) in [5.74, 6) is 0.470. The van der Waals surface area contributed by atoms with Crippen LogP contribution in [0.1, 0.15) is 6.42 Å². The Bertz CT molecular complexity index is 600. The molecule has 0 radical (unpaired) electrons. The van der Waals surface area contributed by atoms with Gasteiger partial charge in [0, 0.05) is 26.1 Å². The number of carbonyl (C=O) groups is 1. The number of nitrogens with zero attached hydrogens (tertiary/aromatic N) is 2. The fourth-order valence-electron chi connectivity index (χ4n) is 1.95. The fraction of sp³-hybridized carbons (Fsp3) is 0.533. The summed E-state index contributed by atoms with van der Waals surface area (Å²) in [6.45, 7) is 1.37. The zero-order valence-electron chi connectivity index (χ0n) is 14.1. The molecule has 0 spiro atoms. The first-order valence-electron chi connectivity index (χ1n) is 7.27. The van der Waals surface area contributed by atoms with Gasteiger partial charge in [-0.2, -0.15) is 0 Å². The molecule has 1 aromatic rings. The molecule has 0 aliphatic rings. The number of methoxy groups -OCH3 is 1. The molecule has 7 nitrogen and oxygen atoms in total. The highest BCUT2D eigenvalue weighted by Crippen LogP contribution is 2.21. The van der Waals surface area contributed by atoms with E-state index in [4.69, 9.17) is 4.74 Å². The van der Waals surface area contributed by atoms with E-state index < -0.39 is 10.0 Å². The largest absolute Gasteiger partial charge is 0.497 e. The number of anilines is 1. The highest BCUT2D eigenvalue weighted by molar-refractivity contribution is 7.92. The molecule has 1 rings (SSSR count). The second kappa shape index (κ2) is 8.73. The summed E-state index contributed by atoms with van der Waals surface area (Å²) in [6.07, 6.45) is 1.23. The summed E-state index contributed by atoms with van der Waals surface area (Å²) in [4.78, 5) is 13.8. The van der Waals surface area contributed by atoms with Crippen LogP contribution in [0.2, 0.25) is 0 Å². The zero-order valence-corrected chi connectivity index (χ0v) is 14.9. The first-order valence-corrected chi connectivity index (χ1v) is 9.12. The van der Waals surface area contributed by atoms with Crippen molar-refractivity contribution in [3.05, 3.63) is 24.3 Å². The maximum atomic E-state index is 12.0. The highest BCUT2D eigenvalue weighted by Gasteiger charge is 2.18. The van der Waals surface area contributed by atoms with Crippen LogP contribution in [-0.2, 0) is 14.8 Å². The van der Waals surface area contributed by atoms with Crippen LogP contribution in [0.15, 0.2) is 24.3 Å². The summed E-state index contributed by atoms with van der Waals surface area (Å²) in [7, 11) is 1.92. The molecule has 0 aliphatic carbocycles. The van der Waals surface area contributed by atoms with Crippen LogP contribution in [0.5, 0.6) is 5.75 Å². The van der Waals surface area contributed by atoms with Gasteiger partial charge >= 0.3 is 0 Å². The van der Waals surface area contributed by atoms with Crippen molar-refractivity contribution in [2.45, 2.75) is 6.42 Å². The average Bonchev–Trinajstić information content (AvgIpc) is 2.46. The number of rotatable bonds is 9. The number of ether oxygens (including phenoxy) is 1. The predicted molar refractivity (Wildman–Crippen MR) is 91.4 cm³/mol. The first kappa shape index (κ1) is 19.2. The Balaban J connectivity index is 2.67. The van der Waals surface area contributed by atoms with Gasteiger partial charge in [0.15, 0.2) is 0 Å². The number of hydrogen-bond acceptors (Lipinski definition) is 5. The van der Waals surface area contributed by atoms with Gasteiger partial charge in [-0.1, -0.05) is 0 Å². The Morgan fingerprint density at radius 1 is 1.17 bits per heavy atom. The molecule has 0 aliphatic heterocycles. The Kier molecular flexibility index (Phi) is 7.31. The van der Waals surface area contributed by atoms with E-state index in [1.165, 1.54) is 4.31 Å². The lowest BCUT2D eigenvalue weighted by Gasteiger charge is -2.22. The molecule has 0 saturated heterocycles. The summed E-state index contributed by atoms with van der Waals surface area (Å²) in [5.41, 5.74) is 0.509. The van der Waals surface area contributed by atoms with Gasteiger partial charge in [-0.25, -0.2) is 8.42 Å². The van der Waals surface area contributed by atoms with Crippen LogP contribution in [0.4, 0.5) is 5.69 Å². The van der Waals surface area contributed by atoms with Crippen molar-refractivity contribution < 1.29 is 17.9 Å². The van der Waals surface area contributed by atoms with E-state index in [0.717, 1.165) is 12.8 Å². The van der Waals surface area contributed by atoms with Gasteiger partial charge in [0.2, 0.25) is 15.9 Å². The quantitative estimate of drug-likeness (QED) is 0.707. The molecule has 0 bridgehead atoms. The summed E-state index contributed by atoms with van der Waals surface area (Å²) >= 11 is 0. The predicted octanol–water partition coefficient (Wildman–Crippen LogP) is 0.529. The molecule has 0 saturated carbocycles. The number of sulfonamides is 1. The molecular weight excluding hydrogens is 318 g/mol. The van der Waals surface area contributed by atoms with Crippen molar-refractivity contribution in [3.63, 3.8) is 0 Å². The van der Waals surface area contributed by atoms with Crippen LogP contribution >= 0.6 is 0 Å². The topological polar surface area (TPSA) is 79.0 Å². The molecule has 8 heteroatoms. The molecule has 1 aromatic carbocycles. The fourth-order valence-corrected chi connectivity index (χ4v) is 2.87. The van der Waals surface area contributed by atoms with Crippen molar-refractivity contribution in [3.8, 4) is 5.75 Å². The van der Waals surface area contributed by atoms with E-state index in [9.17, 15) is 13.2 Å². The number of carbonyl (C=O) groups excluding carboxylic acids is 1. The number of likely N-dealkylation sites (N-methyl/N-ethyl adjacent to an activating group) is 1. The summed E-state index contributed by atoms with van der Waals surface area (Å²) < 4.78 is 30.2. The van der Waals surface area contributed by atoms with Crippen LogP contribution in [-0.4, -0.2) is 66.3 Å². The van der Waals surface area contributed by atoms with E-state index in [-0.39, 0.29) is 18.9 Å². The van der Waals surface area contributed by atoms with Crippen LogP contribution in [0, 0.1) is 0 Å². The lowest BCUT2D eigenvalue weighted by atomic mass is 10.3. The van der Waals surface area contributed by atoms with Gasteiger partial charge in [-0.15, -0.1) is 0 Å². The van der Waals surface area contributed by atoms with Gasteiger partial charge < -0.3 is 15.0 Å². The van der Waals surface area contributed by atoms with E-state index in [1.807, 2.05) is 19.0 Å². The second-order valence-corrected chi connectivity index (χ2v) is 7.34. The van der Waals surface area contributed by atoms with E-state index >= 15 is 0 Å². The third-order valence-electron chi connectivity index (χ3n) is 3.18. The second-order valence-electron chi connectivity index (χ2n) is 5.44. The number of nitrogens with one attached hydrogen (secondary N) is 1. The highest BCUT2D eigenvalue weighted by atomic mass is 32.2. The molecule has 0 aromatic heterocycles. The minimum Gasteiger partial charge on any atom is -0.497 e.